The number of rotatable bonds is 3. The number of esters is 1. The summed E-state index contributed by atoms with van der Waals surface area (Å²) in [4.78, 5) is 19.2. The molecule has 0 bridgehead atoms. The van der Waals surface area contributed by atoms with E-state index >= 15 is 0 Å². The summed E-state index contributed by atoms with van der Waals surface area (Å²) in [5.74, 6) is -0.0434. The van der Waals surface area contributed by atoms with Gasteiger partial charge in [0.25, 0.3) is 0 Å². The molecule has 3 heterocycles. The van der Waals surface area contributed by atoms with Crippen LogP contribution in [0.25, 0.3) is 10.9 Å². The van der Waals surface area contributed by atoms with Crippen LogP contribution in [0.5, 0.6) is 0 Å². The normalized spacial score (nSPS) is 26.7. The molecule has 3 aromatic rings. The Morgan fingerprint density at radius 1 is 1.14 bits per heavy atom. The van der Waals surface area contributed by atoms with Crippen LogP contribution in [0.3, 0.4) is 0 Å². The van der Waals surface area contributed by atoms with Gasteiger partial charge in [-0.15, -0.1) is 0 Å². The van der Waals surface area contributed by atoms with E-state index < -0.39 is 0 Å². The van der Waals surface area contributed by atoms with Crippen molar-refractivity contribution in [1.82, 2.24) is 9.88 Å². The molecule has 1 N–H and O–H groups in total. The van der Waals surface area contributed by atoms with Crippen LogP contribution in [0.4, 0.5) is 0 Å². The topological polar surface area (TPSA) is 45.3 Å². The Kier molecular flexibility index (Phi) is 4.67. The van der Waals surface area contributed by atoms with Crippen LogP contribution in [0.2, 0.25) is 0 Å². The number of H-pyrrole nitrogens is 1. The van der Waals surface area contributed by atoms with Crippen molar-refractivity contribution in [2.24, 2.45) is 5.92 Å². The Morgan fingerprint density at radius 2 is 1.90 bits per heavy atom. The number of nitrogens with zero attached hydrogens (tertiary/aromatic N) is 1. The Morgan fingerprint density at radius 3 is 2.69 bits per heavy atom. The van der Waals surface area contributed by atoms with Crippen molar-refractivity contribution in [3.63, 3.8) is 0 Å². The van der Waals surface area contributed by atoms with E-state index in [1.807, 2.05) is 13.0 Å². The fourth-order valence-corrected chi connectivity index (χ4v) is 5.65. The Bertz CT molecular complexity index is 1030. The zero-order valence-corrected chi connectivity index (χ0v) is 17.1. The first kappa shape index (κ1) is 18.4. The number of ether oxygens (including phenoxy) is 1. The zero-order valence-electron chi connectivity index (χ0n) is 17.1. The van der Waals surface area contributed by atoms with Gasteiger partial charge in [0.2, 0.25) is 0 Å². The third kappa shape index (κ3) is 2.98. The first-order valence-corrected chi connectivity index (χ1v) is 10.8. The second-order valence-electron chi connectivity index (χ2n) is 8.34. The molecular formula is C25H28N2O2. The molecule has 1 fully saturated rings. The lowest BCUT2D eigenvalue weighted by atomic mass is 9.71. The monoisotopic (exact) mass is 388 g/mol. The molecule has 4 atom stereocenters. The van der Waals surface area contributed by atoms with Crippen LogP contribution < -0.4 is 0 Å². The molecule has 0 amide bonds. The Labute approximate surface area is 171 Å². The lowest BCUT2D eigenvalue weighted by molar-refractivity contribution is -0.154. The zero-order chi connectivity index (χ0) is 20.0. The Balaban J connectivity index is 1.59. The molecule has 2 aliphatic heterocycles. The van der Waals surface area contributed by atoms with Crippen LogP contribution >= 0.6 is 0 Å². The van der Waals surface area contributed by atoms with Gasteiger partial charge >= 0.3 is 5.97 Å². The van der Waals surface area contributed by atoms with Gasteiger partial charge in [-0.1, -0.05) is 48.5 Å². The van der Waals surface area contributed by atoms with Crippen LogP contribution in [0.1, 0.15) is 49.0 Å². The van der Waals surface area contributed by atoms with E-state index in [0.29, 0.717) is 12.6 Å². The maximum Gasteiger partial charge on any atom is 0.311 e. The van der Waals surface area contributed by atoms with Crippen molar-refractivity contribution in [3.05, 3.63) is 71.4 Å². The van der Waals surface area contributed by atoms with Gasteiger partial charge in [-0.05, 0) is 43.9 Å². The van der Waals surface area contributed by atoms with Gasteiger partial charge in [-0.2, -0.15) is 0 Å². The molecule has 150 valence electrons. The van der Waals surface area contributed by atoms with Gasteiger partial charge in [0.1, 0.15) is 0 Å². The lowest BCUT2D eigenvalue weighted by Crippen LogP contribution is -2.53. The number of aromatic amines is 1. The number of hydrogen-bond donors (Lipinski definition) is 1. The first-order valence-electron chi connectivity index (χ1n) is 10.8. The van der Waals surface area contributed by atoms with Gasteiger partial charge in [0.15, 0.2) is 0 Å². The van der Waals surface area contributed by atoms with E-state index in [2.05, 4.69) is 65.3 Å². The highest BCUT2D eigenvalue weighted by atomic mass is 16.5. The van der Waals surface area contributed by atoms with Crippen LogP contribution in [0, 0.1) is 5.92 Å². The highest BCUT2D eigenvalue weighted by molar-refractivity contribution is 5.85. The Hall–Kier alpha value is -2.59. The molecular weight excluding hydrogens is 360 g/mol. The lowest BCUT2D eigenvalue weighted by Gasteiger charge is -2.50. The molecule has 0 aliphatic carbocycles. The highest BCUT2D eigenvalue weighted by Gasteiger charge is 2.48. The molecule has 1 saturated heterocycles. The average molecular weight is 389 g/mol. The summed E-state index contributed by atoms with van der Waals surface area (Å²) in [7, 11) is 0. The minimum atomic E-state index is -0.139. The first-order chi connectivity index (χ1) is 14.2. The molecule has 2 aromatic carbocycles. The molecule has 0 spiro atoms. The van der Waals surface area contributed by atoms with Gasteiger partial charge in [-0.3, -0.25) is 9.69 Å². The minimum Gasteiger partial charge on any atom is -0.466 e. The van der Waals surface area contributed by atoms with Crippen molar-refractivity contribution in [2.75, 3.05) is 13.2 Å². The predicted molar refractivity (Wildman–Crippen MR) is 115 cm³/mol. The van der Waals surface area contributed by atoms with Gasteiger partial charge in [-0.25, -0.2) is 0 Å². The van der Waals surface area contributed by atoms with Crippen molar-refractivity contribution in [1.29, 1.82) is 0 Å². The molecule has 5 rings (SSSR count). The molecule has 29 heavy (non-hydrogen) atoms. The van der Waals surface area contributed by atoms with Crippen LogP contribution in [0.15, 0.2) is 54.6 Å². The third-order valence-corrected chi connectivity index (χ3v) is 6.94. The molecule has 1 aromatic heterocycles. The molecule has 0 unspecified atom stereocenters. The van der Waals surface area contributed by atoms with Crippen LogP contribution in [-0.4, -0.2) is 35.0 Å². The van der Waals surface area contributed by atoms with Gasteiger partial charge in [0, 0.05) is 35.1 Å². The highest BCUT2D eigenvalue weighted by Crippen LogP contribution is 2.49. The van der Waals surface area contributed by atoms with E-state index in [1.165, 1.54) is 27.7 Å². The number of hydrogen-bond acceptors (Lipinski definition) is 3. The number of piperidine rings is 1. The summed E-state index contributed by atoms with van der Waals surface area (Å²) >= 11 is 0. The summed E-state index contributed by atoms with van der Waals surface area (Å²) in [5.41, 5.74) is 5.25. The number of carbonyl (C=O) groups excluding carboxylic acids is 1. The molecule has 4 nitrogen and oxygen atoms in total. The van der Waals surface area contributed by atoms with E-state index in [4.69, 9.17) is 4.74 Å². The van der Waals surface area contributed by atoms with Gasteiger partial charge in [0.05, 0.1) is 18.6 Å². The summed E-state index contributed by atoms with van der Waals surface area (Å²) in [6.45, 7) is 5.51. The summed E-state index contributed by atoms with van der Waals surface area (Å²) in [6, 6.07) is 19.6. The smallest absolute Gasteiger partial charge is 0.311 e. The van der Waals surface area contributed by atoms with E-state index in [1.54, 1.807) is 0 Å². The number of benzene rings is 2. The number of aromatic nitrogens is 1. The summed E-state index contributed by atoms with van der Waals surface area (Å²) < 4.78 is 5.53. The largest absolute Gasteiger partial charge is 0.466 e. The number of carbonyl (C=O) groups is 1. The van der Waals surface area contributed by atoms with Crippen molar-refractivity contribution >= 4 is 16.9 Å². The van der Waals surface area contributed by atoms with E-state index in [-0.39, 0.29) is 23.8 Å². The minimum absolute atomic E-state index is 0.0604. The molecule has 2 aliphatic rings. The third-order valence-electron chi connectivity index (χ3n) is 6.94. The second-order valence-corrected chi connectivity index (χ2v) is 8.34. The second kappa shape index (κ2) is 7.34. The summed E-state index contributed by atoms with van der Waals surface area (Å²) in [5, 5.41) is 1.35. The van der Waals surface area contributed by atoms with Crippen molar-refractivity contribution in [2.45, 2.75) is 44.7 Å². The maximum atomic E-state index is 13.0. The van der Waals surface area contributed by atoms with E-state index in [9.17, 15) is 4.79 Å². The van der Waals surface area contributed by atoms with Crippen molar-refractivity contribution in [3.8, 4) is 0 Å². The summed E-state index contributed by atoms with van der Waals surface area (Å²) in [6.07, 6.45) is 1.95. The molecule has 4 heteroatoms. The average Bonchev–Trinajstić information content (AvgIpc) is 3.13. The predicted octanol–water partition coefficient (Wildman–Crippen LogP) is 4.82. The maximum absolute atomic E-state index is 13.0. The van der Waals surface area contributed by atoms with Crippen molar-refractivity contribution < 1.29 is 9.53 Å². The fourth-order valence-electron chi connectivity index (χ4n) is 5.65. The standard InChI is InChI=1S/C25H28N2O2/c1-3-29-25(28)23-16(2)27-14-13-19-18-11-7-8-12-21(18)26-24(19)22(27)15-20(23)17-9-5-4-6-10-17/h4-12,16,20,22-23,26H,3,13-15H2,1-2H3/t16-,20+,22+,23+/m0/s1. The number of para-hydroxylation sites is 1. The van der Waals surface area contributed by atoms with Gasteiger partial charge < -0.3 is 9.72 Å². The quantitative estimate of drug-likeness (QED) is 0.654. The SMILES string of the molecule is CCOC(=O)[C@H]1[C@@H](c2ccccc2)C[C@@H]2c3[nH]c4ccccc4c3CCN2[C@H]1C. The van der Waals surface area contributed by atoms with Crippen LogP contribution in [-0.2, 0) is 16.0 Å². The number of nitrogens with one attached hydrogen (secondary N) is 1. The number of fused-ring (bicyclic) bond motifs is 5. The molecule has 0 saturated carbocycles. The van der Waals surface area contributed by atoms with E-state index in [0.717, 1.165) is 19.4 Å². The molecule has 0 radical (unpaired) electrons. The fraction of sp³-hybridized carbons (Fsp3) is 0.400.